The molecule has 31 heavy (non-hydrogen) atoms. The van der Waals surface area contributed by atoms with Crippen LogP contribution in [0.15, 0.2) is 44.8 Å². The summed E-state index contributed by atoms with van der Waals surface area (Å²) >= 11 is 0. The first-order valence-electron chi connectivity index (χ1n) is 9.64. The summed E-state index contributed by atoms with van der Waals surface area (Å²) < 4.78 is 17.0. The van der Waals surface area contributed by atoms with Crippen molar-refractivity contribution >= 4 is 27.6 Å². The summed E-state index contributed by atoms with van der Waals surface area (Å²) in [5.41, 5.74) is -0.650. The summed E-state index contributed by atoms with van der Waals surface area (Å²) in [4.78, 5) is 48.4. The summed E-state index contributed by atoms with van der Waals surface area (Å²) in [5, 5.41) is 14.2. The standard InChI is InChI=1S/C22H16FN3O5/c1-9-17(10-2-5-12-13(6-10)21(29)25-24-20(12)28)16(23)7-14-18(9)26(11-3-4-11)8-15(19(14)27)22(30)31/h2,5-8,11H,3-4H2,1H3,(H,24,28)(H,25,29)(H,30,31). The number of carboxylic acids is 1. The molecule has 2 heterocycles. The maximum Gasteiger partial charge on any atom is 0.341 e. The summed E-state index contributed by atoms with van der Waals surface area (Å²) in [6.45, 7) is 1.66. The second-order valence-electron chi connectivity index (χ2n) is 7.74. The Bertz CT molecular complexity index is 1610. The fraction of sp³-hybridized carbons (Fsp3) is 0.182. The van der Waals surface area contributed by atoms with Gasteiger partial charge in [-0.2, -0.15) is 0 Å². The van der Waals surface area contributed by atoms with Crippen LogP contribution in [0.1, 0.15) is 34.8 Å². The van der Waals surface area contributed by atoms with E-state index in [1.54, 1.807) is 17.6 Å². The van der Waals surface area contributed by atoms with E-state index in [0.29, 0.717) is 16.6 Å². The normalized spacial score (nSPS) is 13.7. The van der Waals surface area contributed by atoms with Crippen LogP contribution in [0.25, 0.3) is 32.8 Å². The number of rotatable bonds is 3. The van der Waals surface area contributed by atoms with E-state index in [4.69, 9.17) is 0 Å². The number of aryl methyl sites for hydroxylation is 1. The van der Waals surface area contributed by atoms with Crippen molar-refractivity contribution in [1.29, 1.82) is 0 Å². The minimum Gasteiger partial charge on any atom is -0.477 e. The molecule has 0 aliphatic heterocycles. The zero-order valence-electron chi connectivity index (χ0n) is 16.3. The fourth-order valence-electron chi connectivity index (χ4n) is 4.16. The molecule has 8 nitrogen and oxygen atoms in total. The van der Waals surface area contributed by atoms with Gasteiger partial charge in [-0.25, -0.2) is 9.18 Å². The Balaban J connectivity index is 1.88. The van der Waals surface area contributed by atoms with E-state index < -0.39 is 33.9 Å². The lowest BCUT2D eigenvalue weighted by Crippen LogP contribution is -2.20. The highest BCUT2D eigenvalue weighted by atomic mass is 19.1. The number of pyridine rings is 1. The van der Waals surface area contributed by atoms with Gasteiger partial charge in [0.1, 0.15) is 11.4 Å². The Morgan fingerprint density at radius 2 is 1.74 bits per heavy atom. The lowest BCUT2D eigenvalue weighted by atomic mass is 9.94. The quantitative estimate of drug-likeness (QED) is 0.469. The first kappa shape index (κ1) is 19.0. The number of aromatic carboxylic acids is 1. The van der Waals surface area contributed by atoms with Crippen LogP contribution in [0.2, 0.25) is 0 Å². The predicted octanol–water partition coefficient (Wildman–Crippen LogP) is 2.68. The first-order valence-corrected chi connectivity index (χ1v) is 9.64. The number of aromatic amines is 2. The molecular formula is C22H16FN3O5. The van der Waals surface area contributed by atoms with E-state index in [-0.39, 0.29) is 27.8 Å². The van der Waals surface area contributed by atoms with Crippen molar-refractivity contribution in [3.63, 3.8) is 0 Å². The molecule has 3 N–H and O–H groups in total. The molecule has 0 radical (unpaired) electrons. The number of H-pyrrole nitrogens is 2. The van der Waals surface area contributed by atoms with Crippen molar-refractivity contribution in [2.75, 3.05) is 0 Å². The molecule has 1 fully saturated rings. The van der Waals surface area contributed by atoms with Gasteiger partial charge >= 0.3 is 5.97 Å². The molecule has 1 aliphatic rings. The predicted molar refractivity (Wildman–Crippen MR) is 112 cm³/mol. The van der Waals surface area contributed by atoms with Crippen LogP contribution in [-0.4, -0.2) is 25.8 Å². The molecule has 0 spiro atoms. The molecule has 2 aromatic heterocycles. The molecule has 5 rings (SSSR count). The molecule has 1 aliphatic carbocycles. The second-order valence-corrected chi connectivity index (χ2v) is 7.74. The Morgan fingerprint density at radius 3 is 2.39 bits per heavy atom. The van der Waals surface area contributed by atoms with Gasteiger partial charge in [-0.1, -0.05) is 6.07 Å². The molecule has 0 atom stereocenters. The zero-order valence-corrected chi connectivity index (χ0v) is 16.3. The topological polar surface area (TPSA) is 125 Å². The van der Waals surface area contributed by atoms with Crippen LogP contribution >= 0.6 is 0 Å². The van der Waals surface area contributed by atoms with Gasteiger partial charge in [-0.05, 0) is 49.1 Å². The van der Waals surface area contributed by atoms with Crippen molar-refractivity contribution in [3.05, 3.63) is 78.3 Å². The molecule has 0 unspecified atom stereocenters. The Morgan fingerprint density at radius 1 is 1.06 bits per heavy atom. The van der Waals surface area contributed by atoms with Gasteiger partial charge in [-0.15, -0.1) is 0 Å². The van der Waals surface area contributed by atoms with Gasteiger partial charge in [0.15, 0.2) is 0 Å². The third-order valence-electron chi connectivity index (χ3n) is 5.77. The summed E-state index contributed by atoms with van der Waals surface area (Å²) in [6.07, 6.45) is 2.98. The average Bonchev–Trinajstić information content (AvgIpc) is 3.56. The average molecular weight is 421 g/mol. The van der Waals surface area contributed by atoms with Crippen molar-refractivity contribution in [3.8, 4) is 11.1 Å². The summed E-state index contributed by atoms with van der Waals surface area (Å²) in [7, 11) is 0. The van der Waals surface area contributed by atoms with E-state index >= 15 is 4.39 Å². The van der Waals surface area contributed by atoms with E-state index in [0.717, 1.165) is 18.9 Å². The molecular weight excluding hydrogens is 405 g/mol. The van der Waals surface area contributed by atoms with Gasteiger partial charge in [0, 0.05) is 23.2 Å². The number of nitrogens with one attached hydrogen (secondary N) is 2. The number of carboxylic acid groups (broad SMARTS) is 1. The third kappa shape index (κ3) is 2.81. The maximum absolute atomic E-state index is 15.3. The number of fused-ring (bicyclic) bond motifs is 2. The fourth-order valence-corrected chi connectivity index (χ4v) is 4.16. The molecule has 156 valence electrons. The molecule has 9 heteroatoms. The van der Waals surface area contributed by atoms with Crippen LogP contribution in [0.4, 0.5) is 4.39 Å². The maximum atomic E-state index is 15.3. The first-order chi connectivity index (χ1) is 14.8. The van der Waals surface area contributed by atoms with Crippen LogP contribution < -0.4 is 16.5 Å². The molecule has 2 aromatic carbocycles. The Labute approximate surface area is 172 Å². The highest BCUT2D eigenvalue weighted by Crippen LogP contribution is 2.40. The Hall–Kier alpha value is -4.01. The van der Waals surface area contributed by atoms with Crippen molar-refractivity contribution in [1.82, 2.24) is 14.8 Å². The van der Waals surface area contributed by atoms with Crippen LogP contribution in [0, 0.1) is 12.7 Å². The number of aromatic nitrogens is 3. The van der Waals surface area contributed by atoms with Crippen molar-refractivity contribution < 1.29 is 14.3 Å². The van der Waals surface area contributed by atoms with Gasteiger partial charge < -0.3 is 9.67 Å². The minimum atomic E-state index is -1.36. The van der Waals surface area contributed by atoms with E-state index in [1.807, 2.05) is 0 Å². The number of nitrogens with zero attached hydrogens (tertiary/aromatic N) is 1. The molecule has 4 aromatic rings. The number of hydrogen-bond donors (Lipinski definition) is 3. The van der Waals surface area contributed by atoms with Gasteiger partial charge in [0.05, 0.1) is 16.3 Å². The second kappa shape index (κ2) is 6.49. The van der Waals surface area contributed by atoms with E-state index in [1.165, 1.54) is 18.3 Å². The molecule has 0 amide bonds. The highest BCUT2D eigenvalue weighted by Gasteiger charge is 2.29. The van der Waals surface area contributed by atoms with Crippen LogP contribution in [-0.2, 0) is 0 Å². The molecule has 1 saturated carbocycles. The minimum absolute atomic E-state index is 0.000584. The number of benzene rings is 2. The van der Waals surface area contributed by atoms with Crippen molar-refractivity contribution in [2.24, 2.45) is 0 Å². The largest absolute Gasteiger partial charge is 0.477 e. The lowest BCUT2D eigenvalue weighted by Gasteiger charge is -2.17. The lowest BCUT2D eigenvalue weighted by molar-refractivity contribution is 0.0695. The highest BCUT2D eigenvalue weighted by molar-refractivity contribution is 5.96. The smallest absolute Gasteiger partial charge is 0.341 e. The zero-order chi connectivity index (χ0) is 22.0. The SMILES string of the molecule is Cc1c(-c2ccc3c(=O)[nH][nH]c(=O)c3c2)c(F)cc2c(=O)c(C(=O)O)cn(C3CC3)c12. The third-order valence-corrected chi connectivity index (χ3v) is 5.77. The number of carbonyl (C=O) groups is 1. The van der Waals surface area contributed by atoms with Crippen LogP contribution in [0.3, 0.4) is 0 Å². The van der Waals surface area contributed by atoms with Gasteiger partial charge in [-0.3, -0.25) is 24.6 Å². The van der Waals surface area contributed by atoms with Gasteiger partial charge in [0.2, 0.25) is 5.43 Å². The number of hydrogen-bond acceptors (Lipinski definition) is 4. The monoisotopic (exact) mass is 421 g/mol. The van der Waals surface area contributed by atoms with E-state index in [2.05, 4.69) is 10.2 Å². The Kier molecular flexibility index (Phi) is 3.98. The molecule has 0 saturated heterocycles. The van der Waals surface area contributed by atoms with Crippen LogP contribution in [0.5, 0.6) is 0 Å². The summed E-state index contributed by atoms with van der Waals surface area (Å²) in [6, 6.07) is 5.52. The van der Waals surface area contributed by atoms with E-state index in [9.17, 15) is 24.3 Å². The molecule has 0 bridgehead atoms. The van der Waals surface area contributed by atoms with Gasteiger partial charge in [0.25, 0.3) is 11.1 Å². The van der Waals surface area contributed by atoms with Crippen molar-refractivity contribution in [2.45, 2.75) is 25.8 Å². The number of halogens is 1. The summed E-state index contributed by atoms with van der Waals surface area (Å²) in [5.74, 6) is -2.07.